The van der Waals surface area contributed by atoms with Crippen LogP contribution in [-0.4, -0.2) is 46.7 Å². The van der Waals surface area contributed by atoms with Gasteiger partial charge in [0.25, 0.3) is 0 Å². The Hall–Kier alpha value is -3.78. The van der Waals surface area contributed by atoms with Gasteiger partial charge in [-0.2, -0.15) is 0 Å². The van der Waals surface area contributed by atoms with Crippen molar-refractivity contribution in [1.82, 2.24) is 20.1 Å². The number of para-hydroxylation sites is 2. The molecule has 0 aliphatic carbocycles. The molecule has 0 aliphatic heterocycles. The Balaban J connectivity index is 1.41. The predicted octanol–water partition coefficient (Wildman–Crippen LogP) is 4.23. The van der Waals surface area contributed by atoms with E-state index in [9.17, 15) is 4.79 Å². The molecule has 8 heteroatoms. The van der Waals surface area contributed by atoms with Gasteiger partial charge >= 0.3 is 0 Å². The van der Waals surface area contributed by atoms with Gasteiger partial charge in [-0.1, -0.05) is 48.2 Å². The summed E-state index contributed by atoms with van der Waals surface area (Å²) < 4.78 is 12.8. The molecule has 0 fully saturated rings. The zero-order valence-corrected chi connectivity index (χ0v) is 19.0. The number of carbonyl (C=O) groups excluding carboxylic acids is 1. The van der Waals surface area contributed by atoms with Gasteiger partial charge in [-0.25, -0.2) is 0 Å². The zero-order chi connectivity index (χ0) is 22.9. The molecule has 168 valence electrons. The van der Waals surface area contributed by atoms with Crippen LogP contribution in [0.25, 0.3) is 17.1 Å². The molecule has 0 saturated heterocycles. The minimum atomic E-state index is -0.0923. The van der Waals surface area contributed by atoms with E-state index in [-0.39, 0.29) is 11.7 Å². The molecule has 3 aromatic carbocycles. The average Bonchev–Trinajstić information content (AvgIpc) is 3.30. The molecule has 0 unspecified atom stereocenters. The third-order valence-corrected chi connectivity index (χ3v) is 5.69. The van der Waals surface area contributed by atoms with E-state index in [2.05, 4.69) is 15.5 Å². The average molecular weight is 461 g/mol. The molecule has 0 aliphatic rings. The van der Waals surface area contributed by atoms with Gasteiger partial charge in [0.15, 0.2) is 11.0 Å². The normalized spacial score (nSPS) is 10.6. The summed E-state index contributed by atoms with van der Waals surface area (Å²) in [5.74, 6) is 2.38. The number of hydrogen-bond donors (Lipinski definition) is 1. The molecule has 1 aromatic heterocycles. The first-order valence-corrected chi connectivity index (χ1v) is 11.5. The molecule has 33 heavy (non-hydrogen) atoms. The number of hydrogen-bond acceptors (Lipinski definition) is 6. The number of carbonyl (C=O) groups is 1. The van der Waals surface area contributed by atoms with Gasteiger partial charge in [-0.15, -0.1) is 10.2 Å². The van der Waals surface area contributed by atoms with Crippen LogP contribution in [0.4, 0.5) is 0 Å². The molecule has 0 saturated carbocycles. The molecule has 1 amide bonds. The number of thioether (sulfide) groups is 1. The lowest BCUT2D eigenvalue weighted by Crippen LogP contribution is -2.29. The van der Waals surface area contributed by atoms with E-state index >= 15 is 0 Å². The van der Waals surface area contributed by atoms with E-state index in [0.29, 0.717) is 24.1 Å². The number of benzene rings is 3. The van der Waals surface area contributed by atoms with Crippen LogP contribution in [-0.2, 0) is 4.79 Å². The van der Waals surface area contributed by atoms with Gasteiger partial charge in [0.1, 0.15) is 18.1 Å². The molecular formula is C25H24N4O3S. The fourth-order valence-electron chi connectivity index (χ4n) is 3.16. The first-order valence-electron chi connectivity index (χ1n) is 10.5. The standard InChI is InChI=1S/C25H24N4O3S/c1-31-21-14-12-19(13-15-21)24-27-28-25(29(24)20-8-4-2-5-9-20)33-18-23(30)26-16-17-32-22-10-6-3-7-11-22/h2-15H,16-18H2,1H3,(H,26,30). The first-order chi connectivity index (χ1) is 16.2. The Labute approximate surface area is 196 Å². The highest BCUT2D eigenvalue weighted by Gasteiger charge is 2.17. The van der Waals surface area contributed by atoms with Crippen LogP contribution >= 0.6 is 11.8 Å². The lowest BCUT2D eigenvalue weighted by molar-refractivity contribution is -0.118. The van der Waals surface area contributed by atoms with Crippen LogP contribution in [0, 0.1) is 0 Å². The van der Waals surface area contributed by atoms with Crippen molar-refractivity contribution in [3.05, 3.63) is 84.9 Å². The van der Waals surface area contributed by atoms with Gasteiger partial charge in [0.2, 0.25) is 5.91 Å². The third kappa shape index (κ3) is 5.93. The van der Waals surface area contributed by atoms with Crippen LogP contribution in [0.15, 0.2) is 90.1 Å². The number of nitrogens with zero attached hydrogens (tertiary/aromatic N) is 3. The highest BCUT2D eigenvalue weighted by Crippen LogP contribution is 2.28. The summed E-state index contributed by atoms with van der Waals surface area (Å²) in [6.45, 7) is 0.832. The van der Waals surface area contributed by atoms with Gasteiger partial charge < -0.3 is 14.8 Å². The molecule has 7 nitrogen and oxygen atoms in total. The second kappa shape index (κ2) is 11.2. The van der Waals surface area contributed by atoms with Crippen molar-refractivity contribution in [2.75, 3.05) is 26.0 Å². The van der Waals surface area contributed by atoms with Crippen molar-refractivity contribution >= 4 is 17.7 Å². The maximum absolute atomic E-state index is 12.4. The van der Waals surface area contributed by atoms with Crippen LogP contribution in [0.3, 0.4) is 0 Å². The number of aromatic nitrogens is 3. The lowest BCUT2D eigenvalue weighted by atomic mass is 10.2. The smallest absolute Gasteiger partial charge is 0.230 e. The highest BCUT2D eigenvalue weighted by atomic mass is 32.2. The van der Waals surface area contributed by atoms with Gasteiger partial charge in [0, 0.05) is 11.3 Å². The molecule has 1 heterocycles. The fourth-order valence-corrected chi connectivity index (χ4v) is 3.94. The SMILES string of the molecule is COc1ccc(-c2nnc(SCC(=O)NCCOc3ccccc3)n2-c2ccccc2)cc1. The summed E-state index contributed by atoms with van der Waals surface area (Å²) in [4.78, 5) is 12.4. The van der Waals surface area contributed by atoms with E-state index in [4.69, 9.17) is 9.47 Å². The predicted molar refractivity (Wildman–Crippen MR) is 129 cm³/mol. The van der Waals surface area contributed by atoms with Crippen LogP contribution in [0.5, 0.6) is 11.5 Å². The summed E-state index contributed by atoms with van der Waals surface area (Å²) in [5, 5.41) is 12.3. The van der Waals surface area contributed by atoms with Crippen molar-refractivity contribution in [1.29, 1.82) is 0 Å². The molecule has 0 spiro atoms. The lowest BCUT2D eigenvalue weighted by Gasteiger charge is -2.11. The van der Waals surface area contributed by atoms with Crippen molar-refractivity contribution in [3.8, 4) is 28.6 Å². The second-order valence-corrected chi connectivity index (χ2v) is 7.95. The molecule has 0 atom stereocenters. The minimum Gasteiger partial charge on any atom is -0.497 e. The van der Waals surface area contributed by atoms with Crippen LogP contribution in [0.2, 0.25) is 0 Å². The maximum Gasteiger partial charge on any atom is 0.230 e. The van der Waals surface area contributed by atoms with E-state index < -0.39 is 0 Å². The van der Waals surface area contributed by atoms with E-state index in [0.717, 1.165) is 22.7 Å². The topological polar surface area (TPSA) is 78.3 Å². The van der Waals surface area contributed by atoms with Gasteiger partial charge in [-0.3, -0.25) is 9.36 Å². The number of nitrogens with one attached hydrogen (secondary N) is 1. The third-order valence-electron chi connectivity index (χ3n) is 4.76. The summed E-state index contributed by atoms with van der Waals surface area (Å²) in [7, 11) is 1.63. The van der Waals surface area contributed by atoms with E-state index in [1.54, 1.807) is 7.11 Å². The quantitative estimate of drug-likeness (QED) is 0.282. The van der Waals surface area contributed by atoms with Gasteiger partial charge in [-0.05, 0) is 48.5 Å². The largest absolute Gasteiger partial charge is 0.497 e. The number of ether oxygens (including phenoxy) is 2. The van der Waals surface area contributed by atoms with Crippen molar-refractivity contribution in [2.24, 2.45) is 0 Å². The Morgan fingerprint density at radius 3 is 2.30 bits per heavy atom. The minimum absolute atomic E-state index is 0.0923. The van der Waals surface area contributed by atoms with Gasteiger partial charge in [0.05, 0.1) is 19.4 Å². The summed E-state index contributed by atoms with van der Waals surface area (Å²) in [5.41, 5.74) is 1.83. The summed E-state index contributed by atoms with van der Waals surface area (Å²) in [6.07, 6.45) is 0. The number of amides is 1. The van der Waals surface area contributed by atoms with Crippen LogP contribution < -0.4 is 14.8 Å². The molecular weight excluding hydrogens is 436 g/mol. The van der Waals surface area contributed by atoms with Crippen molar-refractivity contribution in [3.63, 3.8) is 0 Å². The number of methoxy groups -OCH3 is 1. The Morgan fingerprint density at radius 2 is 1.61 bits per heavy atom. The van der Waals surface area contributed by atoms with E-state index in [1.807, 2.05) is 89.5 Å². The monoisotopic (exact) mass is 460 g/mol. The molecule has 0 bridgehead atoms. The Bertz CT molecular complexity index is 1170. The Morgan fingerprint density at radius 1 is 0.909 bits per heavy atom. The van der Waals surface area contributed by atoms with Crippen molar-refractivity contribution in [2.45, 2.75) is 5.16 Å². The summed E-state index contributed by atoms with van der Waals surface area (Å²) >= 11 is 1.34. The summed E-state index contributed by atoms with van der Waals surface area (Å²) in [6, 6.07) is 27.0. The fraction of sp³-hybridized carbons (Fsp3) is 0.160. The number of rotatable bonds is 10. The molecule has 0 radical (unpaired) electrons. The first kappa shape index (κ1) is 22.4. The molecule has 4 rings (SSSR count). The van der Waals surface area contributed by atoms with Crippen LogP contribution in [0.1, 0.15) is 0 Å². The highest BCUT2D eigenvalue weighted by molar-refractivity contribution is 7.99. The molecule has 1 N–H and O–H groups in total. The maximum atomic E-state index is 12.4. The Kier molecular flexibility index (Phi) is 7.60. The second-order valence-electron chi connectivity index (χ2n) is 7.01. The zero-order valence-electron chi connectivity index (χ0n) is 18.2. The molecule has 4 aromatic rings. The van der Waals surface area contributed by atoms with E-state index in [1.165, 1.54) is 11.8 Å². The van der Waals surface area contributed by atoms with Crippen molar-refractivity contribution < 1.29 is 14.3 Å².